The van der Waals surface area contributed by atoms with Gasteiger partial charge in [-0.1, -0.05) is 0 Å². The summed E-state index contributed by atoms with van der Waals surface area (Å²) < 4.78 is 0. The zero-order valence-corrected chi connectivity index (χ0v) is 8.36. The van der Waals surface area contributed by atoms with Crippen molar-refractivity contribution in [1.82, 2.24) is 4.90 Å². The van der Waals surface area contributed by atoms with Crippen LogP contribution >= 0.6 is 11.8 Å². The number of hydrogen-bond donors (Lipinski definition) is 1. The first-order valence-electron chi connectivity index (χ1n) is 4.72. The Kier molecular flexibility index (Phi) is 2.31. The molecular weight excluding hydrogens is 168 g/mol. The van der Waals surface area contributed by atoms with Crippen LogP contribution in [0.2, 0.25) is 0 Å². The molecule has 2 aliphatic rings. The molecule has 2 nitrogen and oxygen atoms in total. The molecule has 2 fully saturated rings. The molecule has 1 N–H and O–H groups in total. The van der Waals surface area contributed by atoms with Crippen molar-refractivity contribution < 1.29 is 0 Å². The van der Waals surface area contributed by atoms with Crippen LogP contribution in [0.25, 0.3) is 0 Å². The Balaban J connectivity index is 1.95. The van der Waals surface area contributed by atoms with Crippen molar-refractivity contribution in [2.75, 3.05) is 18.1 Å². The van der Waals surface area contributed by atoms with Crippen molar-refractivity contribution in [3.63, 3.8) is 0 Å². The van der Waals surface area contributed by atoms with E-state index in [1.54, 1.807) is 0 Å². The van der Waals surface area contributed by atoms with Gasteiger partial charge in [0.2, 0.25) is 0 Å². The number of thioether (sulfide) groups is 1. The molecule has 1 saturated carbocycles. The van der Waals surface area contributed by atoms with Crippen LogP contribution in [0, 0.1) is 11.3 Å². The molecule has 0 bridgehead atoms. The molecule has 1 aliphatic heterocycles. The summed E-state index contributed by atoms with van der Waals surface area (Å²) in [5.41, 5.74) is 0. The van der Waals surface area contributed by atoms with Crippen LogP contribution in [0.15, 0.2) is 0 Å². The summed E-state index contributed by atoms with van der Waals surface area (Å²) in [6.45, 7) is 3.34. The van der Waals surface area contributed by atoms with Gasteiger partial charge in [0.25, 0.3) is 0 Å². The second-order valence-corrected chi connectivity index (χ2v) is 4.93. The van der Waals surface area contributed by atoms with Crippen molar-refractivity contribution in [3.8, 4) is 0 Å². The summed E-state index contributed by atoms with van der Waals surface area (Å²) in [7, 11) is 0. The SMILES string of the molecule is CC1CSCCN1C(=N)C1CC1. The third-order valence-electron chi connectivity index (χ3n) is 2.64. The maximum Gasteiger partial charge on any atom is 0.0992 e. The summed E-state index contributed by atoms with van der Waals surface area (Å²) in [5, 5.41) is 7.95. The zero-order chi connectivity index (χ0) is 8.55. The Morgan fingerprint density at radius 3 is 2.83 bits per heavy atom. The number of rotatable bonds is 1. The summed E-state index contributed by atoms with van der Waals surface area (Å²) in [4.78, 5) is 2.30. The summed E-state index contributed by atoms with van der Waals surface area (Å²) in [6.07, 6.45) is 2.52. The number of nitrogens with zero attached hydrogens (tertiary/aromatic N) is 1. The molecule has 0 aromatic rings. The number of amidine groups is 1. The molecule has 1 heterocycles. The molecule has 1 saturated heterocycles. The van der Waals surface area contributed by atoms with Gasteiger partial charge in [-0.2, -0.15) is 11.8 Å². The first-order valence-corrected chi connectivity index (χ1v) is 5.87. The highest BCUT2D eigenvalue weighted by Crippen LogP contribution is 2.33. The van der Waals surface area contributed by atoms with E-state index in [1.807, 2.05) is 11.8 Å². The first kappa shape index (κ1) is 8.42. The Morgan fingerprint density at radius 1 is 1.50 bits per heavy atom. The third-order valence-corrected chi connectivity index (χ3v) is 3.83. The number of hydrogen-bond acceptors (Lipinski definition) is 2. The lowest BCUT2D eigenvalue weighted by Crippen LogP contribution is -2.44. The molecule has 1 atom stereocenters. The minimum absolute atomic E-state index is 0.594. The van der Waals surface area contributed by atoms with E-state index in [1.165, 1.54) is 24.3 Å². The third kappa shape index (κ3) is 1.60. The Morgan fingerprint density at radius 2 is 2.25 bits per heavy atom. The topological polar surface area (TPSA) is 27.1 Å². The molecule has 0 aromatic heterocycles. The first-order chi connectivity index (χ1) is 5.79. The van der Waals surface area contributed by atoms with Crippen LogP contribution < -0.4 is 0 Å². The predicted octanol–water partition coefficient (Wildman–Crippen LogP) is 1.81. The van der Waals surface area contributed by atoms with E-state index >= 15 is 0 Å². The van der Waals surface area contributed by atoms with Gasteiger partial charge in [-0.15, -0.1) is 0 Å². The van der Waals surface area contributed by atoms with Crippen molar-refractivity contribution in [3.05, 3.63) is 0 Å². The fourth-order valence-corrected chi connectivity index (χ4v) is 2.69. The lowest BCUT2D eigenvalue weighted by atomic mass is 10.2. The van der Waals surface area contributed by atoms with E-state index in [4.69, 9.17) is 5.41 Å². The van der Waals surface area contributed by atoms with E-state index < -0.39 is 0 Å². The molecule has 12 heavy (non-hydrogen) atoms. The maximum absolute atomic E-state index is 7.95. The minimum Gasteiger partial charge on any atom is -0.356 e. The van der Waals surface area contributed by atoms with Gasteiger partial charge in [0.1, 0.15) is 0 Å². The molecule has 0 radical (unpaired) electrons. The molecule has 68 valence electrons. The van der Waals surface area contributed by atoms with Crippen LogP contribution in [0.1, 0.15) is 19.8 Å². The highest BCUT2D eigenvalue weighted by molar-refractivity contribution is 7.99. The second-order valence-electron chi connectivity index (χ2n) is 3.78. The zero-order valence-electron chi connectivity index (χ0n) is 7.55. The van der Waals surface area contributed by atoms with Crippen LogP contribution in [0.3, 0.4) is 0 Å². The van der Waals surface area contributed by atoms with E-state index in [2.05, 4.69) is 11.8 Å². The van der Waals surface area contributed by atoms with E-state index in [-0.39, 0.29) is 0 Å². The van der Waals surface area contributed by atoms with Gasteiger partial charge < -0.3 is 4.90 Å². The van der Waals surface area contributed by atoms with Gasteiger partial charge in [0.05, 0.1) is 5.84 Å². The predicted molar refractivity (Wildman–Crippen MR) is 53.9 cm³/mol. The Hall–Kier alpha value is -0.180. The molecule has 0 spiro atoms. The van der Waals surface area contributed by atoms with Crippen molar-refractivity contribution in [2.24, 2.45) is 5.92 Å². The van der Waals surface area contributed by atoms with Crippen molar-refractivity contribution in [1.29, 1.82) is 5.41 Å². The fourth-order valence-electron chi connectivity index (χ4n) is 1.68. The lowest BCUT2D eigenvalue weighted by Gasteiger charge is -2.35. The van der Waals surface area contributed by atoms with Crippen molar-refractivity contribution in [2.45, 2.75) is 25.8 Å². The fraction of sp³-hybridized carbons (Fsp3) is 0.889. The van der Waals surface area contributed by atoms with Crippen LogP contribution in [-0.2, 0) is 0 Å². The monoisotopic (exact) mass is 184 g/mol. The second kappa shape index (κ2) is 3.29. The van der Waals surface area contributed by atoms with E-state index in [9.17, 15) is 0 Å². The molecule has 0 amide bonds. The highest BCUT2D eigenvalue weighted by Gasteiger charge is 2.32. The molecule has 3 heteroatoms. The molecule has 1 unspecified atom stereocenters. The average Bonchev–Trinajstić information content (AvgIpc) is 2.86. The van der Waals surface area contributed by atoms with Gasteiger partial charge >= 0.3 is 0 Å². The Bertz CT molecular complexity index is 189. The van der Waals surface area contributed by atoms with E-state index in [0.717, 1.165) is 12.4 Å². The lowest BCUT2D eigenvalue weighted by molar-refractivity contribution is 0.353. The van der Waals surface area contributed by atoms with Gasteiger partial charge in [0.15, 0.2) is 0 Å². The normalized spacial score (nSPS) is 30.4. The standard InChI is InChI=1S/C9H16N2S/c1-7-6-12-5-4-11(7)9(10)8-2-3-8/h7-8,10H,2-6H2,1H3. The van der Waals surface area contributed by atoms with Gasteiger partial charge in [-0.05, 0) is 19.8 Å². The minimum atomic E-state index is 0.594. The van der Waals surface area contributed by atoms with Crippen molar-refractivity contribution >= 4 is 17.6 Å². The van der Waals surface area contributed by atoms with Gasteiger partial charge in [-0.25, -0.2) is 0 Å². The molecular formula is C9H16N2S. The smallest absolute Gasteiger partial charge is 0.0992 e. The summed E-state index contributed by atoms with van der Waals surface area (Å²) in [5.74, 6) is 3.95. The summed E-state index contributed by atoms with van der Waals surface area (Å²) >= 11 is 2.02. The Labute approximate surface area is 78.2 Å². The van der Waals surface area contributed by atoms with Crippen LogP contribution in [-0.4, -0.2) is 34.8 Å². The highest BCUT2D eigenvalue weighted by atomic mass is 32.2. The number of nitrogens with one attached hydrogen (secondary N) is 1. The molecule has 2 rings (SSSR count). The summed E-state index contributed by atoms with van der Waals surface area (Å²) in [6, 6.07) is 0.594. The maximum atomic E-state index is 7.95. The van der Waals surface area contributed by atoms with E-state index in [0.29, 0.717) is 12.0 Å². The molecule has 0 aromatic carbocycles. The van der Waals surface area contributed by atoms with Crippen LogP contribution in [0.4, 0.5) is 0 Å². The average molecular weight is 184 g/mol. The molecule has 1 aliphatic carbocycles. The quantitative estimate of drug-likeness (QED) is 0.497. The van der Waals surface area contributed by atoms with Gasteiger partial charge in [-0.3, -0.25) is 5.41 Å². The van der Waals surface area contributed by atoms with Gasteiger partial charge in [0, 0.05) is 30.0 Å². The largest absolute Gasteiger partial charge is 0.356 e. The van der Waals surface area contributed by atoms with Crippen LogP contribution in [0.5, 0.6) is 0 Å².